The molecule has 0 bridgehead atoms. The van der Waals surface area contributed by atoms with Crippen LogP contribution >= 0.6 is 0 Å². The number of hydrogen-bond acceptors (Lipinski definition) is 4. The summed E-state index contributed by atoms with van der Waals surface area (Å²) in [6.07, 6.45) is 0.896. The van der Waals surface area contributed by atoms with E-state index in [4.69, 9.17) is 15.0 Å². The lowest BCUT2D eigenvalue weighted by atomic mass is 10.1. The molecule has 4 nitrogen and oxygen atoms in total. The Labute approximate surface area is 107 Å². The molecule has 2 atom stereocenters. The van der Waals surface area contributed by atoms with Crippen LogP contribution in [0.15, 0.2) is 28.7 Å². The van der Waals surface area contributed by atoms with Crippen molar-refractivity contribution in [3.05, 3.63) is 35.6 Å². The molecular formula is C14H20N2O2. The number of fused-ring (bicyclic) bond motifs is 1. The zero-order valence-corrected chi connectivity index (χ0v) is 11.1. The molecule has 4 heteroatoms. The highest BCUT2D eigenvalue weighted by atomic mass is 16.5. The van der Waals surface area contributed by atoms with Crippen LogP contribution in [0.2, 0.25) is 0 Å². The Bertz CT molecular complexity index is 521. The van der Waals surface area contributed by atoms with E-state index in [9.17, 15) is 0 Å². The van der Waals surface area contributed by atoms with E-state index in [1.54, 1.807) is 7.11 Å². The van der Waals surface area contributed by atoms with Crippen molar-refractivity contribution in [1.29, 1.82) is 0 Å². The Morgan fingerprint density at radius 2 is 2.17 bits per heavy atom. The van der Waals surface area contributed by atoms with E-state index < -0.39 is 0 Å². The predicted octanol–water partition coefficient (Wildman–Crippen LogP) is 2.67. The number of nitrogens with one attached hydrogen (secondary N) is 1. The summed E-state index contributed by atoms with van der Waals surface area (Å²) in [6.45, 7) is 4.08. The monoisotopic (exact) mass is 248 g/mol. The first kappa shape index (κ1) is 13.1. The van der Waals surface area contributed by atoms with Crippen molar-refractivity contribution in [2.75, 3.05) is 7.11 Å². The molecule has 98 valence electrons. The molecule has 18 heavy (non-hydrogen) atoms. The molecule has 1 aromatic heterocycles. The molecule has 0 aliphatic rings. The van der Waals surface area contributed by atoms with Gasteiger partial charge in [-0.05, 0) is 38.5 Å². The third-order valence-electron chi connectivity index (χ3n) is 3.21. The second kappa shape index (κ2) is 5.52. The van der Waals surface area contributed by atoms with Gasteiger partial charge < -0.3 is 9.15 Å². The Balaban J connectivity index is 2.28. The lowest BCUT2D eigenvalue weighted by molar-refractivity contribution is 0.0978. The Kier molecular flexibility index (Phi) is 4.01. The fourth-order valence-corrected chi connectivity index (χ4v) is 2.05. The molecule has 2 unspecified atom stereocenters. The van der Waals surface area contributed by atoms with E-state index in [2.05, 4.69) is 18.4 Å². The van der Waals surface area contributed by atoms with Gasteiger partial charge in [0.2, 0.25) is 0 Å². The summed E-state index contributed by atoms with van der Waals surface area (Å²) in [7, 11) is 1.69. The minimum Gasteiger partial charge on any atom is -0.459 e. The normalized spacial score (nSPS) is 14.9. The van der Waals surface area contributed by atoms with Gasteiger partial charge >= 0.3 is 0 Å². The molecule has 0 spiro atoms. The van der Waals surface area contributed by atoms with Gasteiger partial charge in [0, 0.05) is 12.5 Å². The molecule has 2 aromatic rings. The van der Waals surface area contributed by atoms with Crippen LogP contribution < -0.4 is 11.3 Å². The lowest BCUT2D eigenvalue weighted by Crippen LogP contribution is -2.30. The fourth-order valence-electron chi connectivity index (χ4n) is 2.05. The SMILES string of the molecule is COC(C)CC(NN)c1cc2cc(C)ccc2o1. The zero-order chi connectivity index (χ0) is 13.1. The van der Waals surface area contributed by atoms with Crippen molar-refractivity contribution < 1.29 is 9.15 Å². The Morgan fingerprint density at radius 3 is 2.83 bits per heavy atom. The van der Waals surface area contributed by atoms with Gasteiger partial charge in [-0.2, -0.15) is 0 Å². The van der Waals surface area contributed by atoms with Gasteiger partial charge in [-0.3, -0.25) is 5.84 Å². The number of rotatable bonds is 5. The summed E-state index contributed by atoms with van der Waals surface area (Å²) in [5.41, 5.74) is 4.89. The maximum absolute atomic E-state index is 5.82. The van der Waals surface area contributed by atoms with Crippen LogP contribution in [0.5, 0.6) is 0 Å². The molecule has 1 aromatic carbocycles. The number of benzene rings is 1. The summed E-state index contributed by atoms with van der Waals surface area (Å²) in [6, 6.07) is 8.14. The van der Waals surface area contributed by atoms with E-state index in [1.165, 1.54) is 5.56 Å². The van der Waals surface area contributed by atoms with Crippen LogP contribution in [0, 0.1) is 6.92 Å². The summed E-state index contributed by atoms with van der Waals surface area (Å²) in [5.74, 6) is 6.44. The topological polar surface area (TPSA) is 60.4 Å². The van der Waals surface area contributed by atoms with Crippen molar-refractivity contribution in [3.8, 4) is 0 Å². The van der Waals surface area contributed by atoms with E-state index in [1.807, 2.05) is 25.1 Å². The van der Waals surface area contributed by atoms with Crippen LogP contribution in [-0.4, -0.2) is 13.2 Å². The highest BCUT2D eigenvalue weighted by molar-refractivity contribution is 5.78. The second-order valence-electron chi connectivity index (χ2n) is 4.69. The molecule has 0 aliphatic heterocycles. The maximum Gasteiger partial charge on any atom is 0.134 e. The van der Waals surface area contributed by atoms with Crippen molar-refractivity contribution >= 4 is 11.0 Å². The van der Waals surface area contributed by atoms with Crippen molar-refractivity contribution in [1.82, 2.24) is 5.43 Å². The third-order valence-corrected chi connectivity index (χ3v) is 3.21. The average Bonchev–Trinajstić information content (AvgIpc) is 2.78. The summed E-state index contributed by atoms with van der Waals surface area (Å²) in [4.78, 5) is 0. The van der Waals surface area contributed by atoms with Crippen molar-refractivity contribution in [2.24, 2.45) is 5.84 Å². The van der Waals surface area contributed by atoms with Gasteiger partial charge in [0.15, 0.2) is 0 Å². The van der Waals surface area contributed by atoms with Crippen LogP contribution in [0.4, 0.5) is 0 Å². The quantitative estimate of drug-likeness (QED) is 0.631. The van der Waals surface area contributed by atoms with E-state index in [-0.39, 0.29) is 12.1 Å². The van der Waals surface area contributed by atoms with Gasteiger partial charge in [-0.25, -0.2) is 5.43 Å². The predicted molar refractivity (Wildman–Crippen MR) is 72.1 cm³/mol. The lowest BCUT2D eigenvalue weighted by Gasteiger charge is -2.17. The van der Waals surface area contributed by atoms with Crippen molar-refractivity contribution in [2.45, 2.75) is 32.4 Å². The molecular weight excluding hydrogens is 228 g/mol. The number of furan rings is 1. The molecule has 0 fully saturated rings. The molecule has 2 rings (SSSR count). The highest BCUT2D eigenvalue weighted by Gasteiger charge is 2.17. The largest absolute Gasteiger partial charge is 0.459 e. The van der Waals surface area contributed by atoms with Gasteiger partial charge in [0.25, 0.3) is 0 Å². The second-order valence-corrected chi connectivity index (χ2v) is 4.69. The average molecular weight is 248 g/mol. The number of ether oxygens (including phenoxy) is 1. The first-order valence-corrected chi connectivity index (χ1v) is 6.13. The third kappa shape index (κ3) is 2.72. The summed E-state index contributed by atoms with van der Waals surface area (Å²) >= 11 is 0. The number of methoxy groups -OCH3 is 1. The van der Waals surface area contributed by atoms with Crippen LogP contribution in [0.25, 0.3) is 11.0 Å². The Morgan fingerprint density at radius 1 is 1.39 bits per heavy atom. The summed E-state index contributed by atoms with van der Waals surface area (Å²) in [5, 5.41) is 1.11. The smallest absolute Gasteiger partial charge is 0.134 e. The highest BCUT2D eigenvalue weighted by Crippen LogP contribution is 2.27. The Hall–Kier alpha value is -1.36. The van der Waals surface area contributed by atoms with Crippen molar-refractivity contribution in [3.63, 3.8) is 0 Å². The van der Waals surface area contributed by atoms with E-state index in [0.717, 1.165) is 23.2 Å². The first-order chi connectivity index (χ1) is 8.63. The standard InChI is InChI=1S/C14H20N2O2/c1-9-4-5-13-11(6-9)8-14(18-13)12(16-15)7-10(2)17-3/h4-6,8,10,12,16H,7,15H2,1-3H3. The molecule has 0 amide bonds. The number of hydrogen-bond donors (Lipinski definition) is 2. The van der Waals surface area contributed by atoms with Crippen LogP contribution in [0.1, 0.15) is 30.7 Å². The summed E-state index contributed by atoms with van der Waals surface area (Å²) < 4.78 is 11.1. The fraction of sp³-hybridized carbons (Fsp3) is 0.429. The number of nitrogens with two attached hydrogens (primary N) is 1. The van der Waals surface area contributed by atoms with E-state index in [0.29, 0.717) is 0 Å². The molecule has 0 saturated heterocycles. The van der Waals surface area contributed by atoms with Gasteiger partial charge in [0.1, 0.15) is 11.3 Å². The molecule has 0 radical (unpaired) electrons. The van der Waals surface area contributed by atoms with Crippen LogP contribution in [-0.2, 0) is 4.74 Å². The zero-order valence-electron chi connectivity index (χ0n) is 11.1. The van der Waals surface area contributed by atoms with E-state index >= 15 is 0 Å². The number of aryl methyl sites for hydroxylation is 1. The molecule has 3 N–H and O–H groups in total. The maximum atomic E-state index is 5.82. The minimum atomic E-state index is -0.0346. The number of hydrazine groups is 1. The van der Waals surface area contributed by atoms with Crippen LogP contribution in [0.3, 0.4) is 0 Å². The minimum absolute atomic E-state index is 0.0346. The van der Waals surface area contributed by atoms with Gasteiger partial charge in [0.05, 0.1) is 12.1 Å². The van der Waals surface area contributed by atoms with Gasteiger partial charge in [-0.15, -0.1) is 0 Å². The molecule has 0 aliphatic carbocycles. The first-order valence-electron chi connectivity index (χ1n) is 6.13. The van der Waals surface area contributed by atoms with Gasteiger partial charge in [-0.1, -0.05) is 11.6 Å². The molecule has 1 heterocycles. The molecule has 0 saturated carbocycles.